The number of methoxy groups -OCH3 is 2. The number of aromatic amines is 1. The zero-order chi connectivity index (χ0) is 39.2. The molecule has 0 amide bonds. The van der Waals surface area contributed by atoms with Crippen LogP contribution in [0.1, 0.15) is 41.5 Å². The third-order valence-corrected chi connectivity index (χ3v) is 10.6. The van der Waals surface area contributed by atoms with Crippen LogP contribution in [0.2, 0.25) is 5.02 Å². The normalized spacial score (nSPS) is 18.5. The quantitative estimate of drug-likeness (QED) is 0.134. The number of rotatable bonds is 11. The van der Waals surface area contributed by atoms with Gasteiger partial charge in [-0.25, -0.2) is 18.2 Å². The monoisotopic (exact) mass is 787 g/mol. The lowest BCUT2D eigenvalue weighted by molar-refractivity contribution is -0.137. The fraction of sp³-hybridized carbons (Fsp3) is 0.359. The number of fused-ring (bicyclic) bond motifs is 2. The van der Waals surface area contributed by atoms with Crippen molar-refractivity contribution < 1.29 is 40.6 Å². The Kier molecular flexibility index (Phi) is 10.4. The third kappa shape index (κ3) is 7.39. The summed E-state index contributed by atoms with van der Waals surface area (Å²) in [6.07, 6.45) is -4.60. The van der Waals surface area contributed by atoms with Crippen LogP contribution < -0.4 is 24.7 Å². The molecular formula is C39H36ClF6N5O4. The second-order valence-electron chi connectivity index (χ2n) is 13.8. The van der Waals surface area contributed by atoms with Crippen LogP contribution in [-0.4, -0.2) is 65.5 Å². The van der Waals surface area contributed by atoms with E-state index in [4.69, 9.17) is 25.8 Å². The number of halogens is 7. The Morgan fingerprint density at radius 1 is 0.982 bits per heavy atom. The van der Waals surface area contributed by atoms with E-state index in [9.17, 15) is 22.4 Å². The number of ether oxygens (including phenoxy) is 3. The van der Waals surface area contributed by atoms with Crippen LogP contribution >= 0.6 is 11.6 Å². The number of pyridine rings is 1. The maximum Gasteiger partial charge on any atom is 0.418 e. The Morgan fingerprint density at radius 2 is 1.60 bits per heavy atom. The van der Waals surface area contributed by atoms with E-state index in [1.165, 1.54) is 19.1 Å². The van der Waals surface area contributed by atoms with Crippen molar-refractivity contribution >= 4 is 28.3 Å². The van der Waals surface area contributed by atoms with Gasteiger partial charge >= 0.3 is 6.18 Å². The summed E-state index contributed by atoms with van der Waals surface area (Å²) in [5.74, 6) is -2.07. The van der Waals surface area contributed by atoms with Gasteiger partial charge in [0.05, 0.1) is 47.0 Å². The molecule has 2 aromatic heterocycles. The number of aromatic nitrogens is 3. The molecule has 2 atom stereocenters. The Balaban J connectivity index is 1.36. The first-order valence-corrected chi connectivity index (χ1v) is 17.8. The average molecular weight is 788 g/mol. The summed E-state index contributed by atoms with van der Waals surface area (Å²) < 4.78 is 109. The molecule has 2 fully saturated rings. The maximum absolute atomic E-state index is 16.8. The molecule has 290 valence electrons. The van der Waals surface area contributed by atoms with E-state index in [2.05, 4.69) is 15.0 Å². The SMILES string of the molecule is COc1ccc(CN(Cc2ccc(OC)cc2)c2nc(-c3c(Cl)cc4c(=O)[nH]c(OC[C@@]56CCCN5C[C@H](F)C6)nc4c3F)c(C(F)(F)F)c(C)c2F)cc1. The van der Waals surface area contributed by atoms with Crippen molar-refractivity contribution in [2.75, 3.05) is 38.8 Å². The van der Waals surface area contributed by atoms with Crippen molar-refractivity contribution in [2.45, 2.75) is 57.2 Å². The number of anilines is 1. The van der Waals surface area contributed by atoms with Gasteiger partial charge in [0, 0.05) is 31.6 Å². The molecule has 0 unspecified atom stereocenters. The molecule has 0 spiro atoms. The molecule has 16 heteroatoms. The number of benzene rings is 3. The highest BCUT2D eigenvalue weighted by atomic mass is 35.5. The van der Waals surface area contributed by atoms with Crippen molar-refractivity contribution in [1.82, 2.24) is 19.9 Å². The Morgan fingerprint density at radius 3 is 2.18 bits per heavy atom. The largest absolute Gasteiger partial charge is 0.497 e. The average Bonchev–Trinajstić information content (AvgIpc) is 3.68. The summed E-state index contributed by atoms with van der Waals surface area (Å²) in [6.45, 7) is 1.74. The molecule has 5 aromatic rings. The van der Waals surface area contributed by atoms with Crippen molar-refractivity contribution in [1.29, 1.82) is 0 Å². The molecule has 4 heterocycles. The minimum absolute atomic E-state index is 0.0299. The second-order valence-corrected chi connectivity index (χ2v) is 14.2. The molecule has 55 heavy (non-hydrogen) atoms. The third-order valence-electron chi connectivity index (χ3n) is 10.3. The first-order chi connectivity index (χ1) is 26.2. The van der Waals surface area contributed by atoms with Crippen molar-refractivity contribution in [3.05, 3.63) is 104 Å². The van der Waals surface area contributed by atoms with Crippen LogP contribution in [0.15, 0.2) is 59.4 Å². The number of nitrogens with zero attached hydrogens (tertiary/aromatic N) is 4. The van der Waals surface area contributed by atoms with Gasteiger partial charge in [-0.1, -0.05) is 35.9 Å². The Hall–Kier alpha value is -5.02. The van der Waals surface area contributed by atoms with E-state index in [-0.39, 0.29) is 38.0 Å². The standard InChI is InChI=1S/C39H36ClF6N5O4/c1-21-30(39(44,45)46)34(47-35(31(21)42)50(17-22-5-9-25(53-2)10-6-22)18-23-7-11-26(54-3)12-8-23)29-28(40)15-27-33(32(29)43)48-37(49-36(27)52)55-20-38-13-4-14-51(38)19-24(41)16-38/h5-12,15,24H,4,13-14,16-20H2,1-3H3,(H,48,49,52)/t24-,38+/m1/s1. The summed E-state index contributed by atoms with van der Waals surface area (Å²) >= 11 is 6.51. The highest BCUT2D eigenvalue weighted by molar-refractivity contribution is 6.34. The second kappa shape index (κ2) is 14.9. The van der Waals surface area contributed by atoms with Gasteiger partial charge in [-0.05, 0) is 67.8 Å². The Labute approximate surface area is 316 Å². The van der Waals surface area contributed by atoms with Crippen LogP contribution in [0.3, 0.4) is 0 Å². The van der Waals surface area contributed by atoms with Gasteiger partial charge in [0.15, 0.2) is 17.5 Å². The number of nitrogens with one attached hydrogen (secondary N) is 1. The van der Waals surface area contributed by atoms with Crippen molar-refractivity contribution in [3.63, 3.8) is 0 Å². The number of H-pyrrole nitrogens is 1. The number of alkyl halides is 4. The molecule has 2 saturated heterocycles. The van der Waals surface area contributed by atoms with E-state index in [1.54, 1.807) is 48.5 Å². The summed E-state index contributed by atoms with van der Waals surface area (Å²) in [5, 5.41) is -0.949. The lowest BCUT2D eigenvalue weighted by Crippen LogP contribution is -2.43. The summed E-state index contributed by atoms with van der Waals surface area (Å²) in [6, 6.07) is 14.2. The minimum Gasteiger partial charge on any atom is -0.497 e. The lowest BCUT2D eigenvalue weighted by Gasteiger charge is -2.30. The first-order valence-electron chi connectivity index (χ1n) is 17.4. The number of hydrogen-bond acceptors (Lipinski definition) is 8. The van der Waals surface area contributed by atoms with Gasteiger partial charge < -0.3 is 19.1 Å². The molecule has 7 rings (SSSR count). The minimum atomic E-state index is -5.22. The van der Waals surface area contributed by atoms with Crippen LogP contribution in [-0.2, 0) is 19.3 Å². The molecule has 2 aliphatic rings. The molecule has 2 aliphatic heterocycles. The molecule has 9 nitrogen and oxygen atoms in total. The molecular weight excluding hydrogens is 752 g/mol. The van der Waals surface area contributed by atoms with Gasteiger partial charge in [-0.15, -0.1) is 0 Å². The Bertz CT molecular complexity index is 2240. The van der Waals surface area contributed by atoms with E-state index in [1.807, 2.05) is 4.90 Å². The van der Waals surface area contributed by atoms with E-state index < -0.39 is 79.8 Å². The van der Waals surface area contributed by atoms with Crippen LogP contribution in [0.5, 0.6) is 17.5 Å². The van der Waals surface area contributed by atoms with Crippen LogP contribution in [0.25, 0.3) is 22.2 Å². The summed E-state index contributed by atoms with van der Waals surface area (Å²) in [7, 11) is 2.99. The van der Waals surface area contributed by atoms with E-state index in [0.717, 1.165) is 19.4 Å². The molecule has 1 N–H and O–H groups in total. The first kappa shape index (κ1) is 38.3. The van der Waals surface area contributed by atoms with E-state index >= 15 is 8.78 Å². The maximum atomic E-state index is 16.8. The predicted molar refractivity (Wildman–Crippen MR) is 195 cm³/mol. The smallest absolute Gasteiger partial charge is 0.418 e. The fourth-order valence-electron chi connectivity index (χ4n) is 7.63. The topological polar surface area (TPSA) is 92.8 Å². The van der Waals surface area contributed by atoms with Crippen LogP contribution in [0.4, 0.5) is 32.2 Å². The molecule has 0 radical (unpaired) electrons. The summed E-state index contributed by atoms with van der Waals surface area (Å²) in [5.41, 5.74) is -5.08. The highest BCUT2D eigenvalue weighted by Gasteiger charge is 2.49. The van der Waals surface area contributed by atoms with E-state index in [0.29, 0.717) is 35.6 Å². The van der Waals surface area contributed by atoms with Crippen molar-refractivity contribution in [2.24, 2.45) is 0 Å². The predicted octanol–water partition coefficient (Wildman–Crippen LogP) is 8.42. The van der Waals surface area contributed by atoms with Gasteiger partial charge in [0.1, 0.15) is 29.8 Å². The van der Waals surface area contributed by atoms with Gasteiger partial charge in [-0.2, -0.15) is 18.2 Å². The van der Waals surface area contributed by atoms with Gasteiger partial charge in [-0.3, -0.25) is 14.7 Å². The molecule has 0 saturated carbocycles. The molecule has 3 aromatic carbocycles. The molecule has 0 bridgehead atoms. The lowest BCUT2D eigenvalue weighted by atomic mass is 9.95. The van der Waals surface area contributed by atoms with Gasteiger partial charge in [0.2, 0.25) is 0 Å². The fourth-order valence-corrected chi connectivity index (χ4v) is 7.92. The molecule has 0 aliphatic carbocycles. The van der Waals surface area contributed by atoms with Gasteiger partial charge in [0.25, 0.3) is 11.6 Å². The van der Waals surface area contributed by atoms with Crippen molar-refractivity contribution in [3.8, 4) is 28.8 Å². The highest BCUT2D eigenvalue weighted by Crippen LogP contribution is 2.45. The van der Waals surface area contributed by atoms with Crippen LogP contribution in [0, 0.1) is 18.6 Å². The zero-order valence-electron chi connectivity index (χ0n) is 30.0. The zero-order valence-corrected chi connectivity index (χ0v) is 30.8. The summed E-state index contributed by atoms with van der Waals surface area (Å²) in [4.78, 5) is 27.4. The number of hydrogen-bond donors (Lipinski definition) is 1.